The Bertz CT molecular complexity index is 1830. The van der Waals surface area contributed by atoms with Crippen molar-refractivity contribution in [3.05, 3.63) is 71.9 Å². The monoisotopic (exact) mass is 575 g/mol. The molecular formula is C32H33N9O2. The van der Waals surface area contributed by atoms with Crippen LogP contribution in [0.4, 0.5) is 5.82 Å². The predicted octanol–water partition coefficient (Wildman–Crippen LogP) is 4.61. The molecule has 11 heteroatoms. The summed E-state index contributed by atoms with van der Waals surface area (Å²) >= 11 is 0. The average molecular weight is 576 g/mol. The highest BCUT2D eigenvalue weighted by molar-refractivity contribution is 5.91. The molecule has 5 aromatic rings. The fourth-order valence-corrected chi connectivity index (χ4v) is 7.21. The van der Waals surface area contributed by atoms with Gasteiger partial charge in [0.2, 0.25) is 5.82 Å². The molecule has 4 aromatic heterocycles. The minimum atomic E-state index is -0.0842. The second-order valence-electron chi connectivity index (χ2n) is 12.0. The summed E-state index contributed by atoms with van der Waals surface area (Å²) in [6, 6.07) is 14.8. The average Bonchev–Trinajstić information content (AvgIpc) is 3.58. The molecule has 0 spiro atoms. The van der Waals surface area contributed by atoms with E-state index in [4.69, 9.17) is 20.4 Å². The molecule has 2 atom stereocenters. The zero-order valence-electron chi connectivity index (χ0n) is 24.2. The first-order chi connectivity index (χ1) is 21.0. The molecule has 218 valence electrons. The van der Waals surface area contributed by atoms with E-state index < -0.39 is 0 Å². The first-order valence-corrected chi connectivity index (χ1v) is 15.0. The molecule has 2 unspecified atom stereocenters. The number of hydrogen-bond donors (Lipinski definition) is 1. The quantitative estimate of drug-likeness (QED) is 0.311. The molecule has 8 rings (SSSR count). The molecule has 2 aliphatic heterocycles. The van der Waals surface area contributed by atoms with Gasteiger partial charge in [-0.15, -0.1) is 5.10 Å². The van der Waals surface area contributed by atoms with Crippen molar-refractivity contribution in [1.82, 2.24) is 39.2 Å². The summed E-state index contributed by atoms with van der Waals surface area (Å²) < 4.78 is 8.66. The van der Waals surface area contributed by atoms with Crippen LogP contribution in [0, 0.1) is 0 Å². The lowest BCUT2D eigenvalue weighted by atomic mass is 9.85. The summed E-state index contributed by atoms with van der Waals surface area (Å²) in [6.45, 7) is 0. The van der Waals surface area contributed by atoms with Gasteiger partial charge in [-0.05, 0) is 50.5 Å². The summed E-state index contributed by atoms with van der Waals surface area (Å²) in [7, 11) is 3.29. The van der Waals surface area contributed by atoms with Crippen LogP contribution in [0.3, 0.4) is 0 Å². The number of piperidine rings is 1. The summed E-state index contributed by atoms with van der Waals surface area (Å²) in [5.41, 5.74) is 13.7. The molecular weight excluding hydrogens is 542 g/mol. The van der Waals surface area contributed by atoms with Crippen molar-refractivity contribution >= 4 is 17.4 Å². The lowest BCUT2D eigenvalue weighted by Gasteiger charge is -2.39. The van der Waals surface area contributed by atoms with Gasteiger partial charge in [0.05, 0.1) is 24.7 Å². The van der Waals surface area contributed by atoms with E-state index in [0.29, 0.717) is 23.6 Å². The lowest BCUT2D eigenvalue weighted by Crippen LogP contribution is -2.47. The number of anilines is 1. The maximum Gasteiger partial charge on any atom is 0.316 e. The van der Waals surface area contributed by atoms with Crippen molar-refractivity contribution in [3.63, 3.8) is 0 Å². The molecule has 1 amide bonds. The van der Waals surface area contributed by atoms with Crippen molar-refractivity contribution in [2.24, 2.45) is 7.05 Å². The highest BCUT2D eigenvalue weighted by Crippen LogP contribution is 2.50. The molecule has 1 saturated carbocycles. The van der Waals surface area contributed by atoms with E-state index in [1.807, 2.05) is 41.6 Å². The summed E-state index contributed by atoms with van der Waals surface area (Å²) in [5, 5.41) is 12.8. The zero-order valence-corrected chi connectivity index (χ0v) is 24.2. The summed E-state index contributed by atoms with van der Waals surface area (Å²) in [6.07, 6.45) is 9.58. The summed E-state index contributed by atoms with van der Waals surface area (Å²) in [5.74, 6) is 1.53. The lowest BCUT2D eigenvalue weighted by molar-refractivity contribution is 0.0551. The van der Waals surface area contributed by atoms with Crippen molar-refractivity contribution < 1.29 is 9.53 Å². The number of methoxy groups -OCH3 is 1. The Morgan fingerprint density at radius 3 is 2.35 bits per heavy atom. The van der Waals surface area contributed by atoms with Gasteiger partial charge in [-0.25, -0.2) is 4.98 Å². The number of ether oxygens (including phenoxy) is 1. The molecule has 1 aromatic carbocycles. The zero-order chi connectivity index (χ0) is 29.2. The normalized spacial score (nSPS) is 21.4. The maximum atomic E-state index is 13.6. The topological polar surface area (TPSA) is 129 Å². The van der Waals surface area contributed by atoms with Gasteiger partial charge in [-0.2, -0.15) is 9.61 Å². The molecule has 1 aliphatic carbocycles. The first kappa shape index (κ1) is 25.9. The van der Waals surface area contributed by atoms with Gasteiger partial charge >= 0.3 is 6.01 Å². The van der Waals surface area contributed by atoms with E-state index in [2.05, 4.69) is 33.5 Å². The van der Waals surface area contributed by atoms with Crippen LogP contribution in [0.5, 0.6) is 6.01 Å². The van der Waals surface area contributed by atoms with Crippen molar-refractivity contribution in [3.8, 4) is 28.4 Å². The van der Waals surface area contributed by atoms with E-state index in [1.54, 1.807) is 16.1 Å². The van der Waals surface area contributed by atoms with E-state index in [9.17, 15) is 4.79 Å². The largest absolute Gasteiger partial charge is 0.467 e. The van der Waals surface area contributed by atoms with Gasteiger partial charge < -0.3 is 15.4 Å². The SMILES string of the molecule is COc1nnc(C(=O)N2C3CCC2CC(c2nc4c(-c5ccc(-c6ccccc6)nc5)cnn4c(N)c2C2CC2)C3)n1C. The van der Waals surface area contributed by atoms with Crippen LogP contribution < -0.4 is 10.5 Å². The number of carbonyl (C=O) groups excluding carboxylic acids is 1. The van der Waals surface area contributed by atoms with Gasteiger partial charge in [0.15, 0.2) is 5.65 Å². The Balaban J connectivity index is 1.14. The number of nitrogen functional groups attached to an aromatic ring is 1. The van der Waals surface area contributed by atoms with Gasteiger partial charge in [0.1, 0.15) is 5.82 Å². The minimum Gasteiger partial charge on any atom is -0.467 e. The molecule has 6 heterocycles. The molecule has 2 saturated heterocycles. The standard InChI is InChI=1S/C32H33N9O2/c1-39-30(37-38-32(39)43-2)31(42)40-22-11-12-23(40)15-21(14-22)27-26(19-8-9-19)28(33)41-29(36-27)24(17-35-41)20-10-13-25(34-16-20)18-6-4-3-5-7-18/h3-7,10,13,16-17,19,21-23H,8-9,11-12,14-15,33H2,1-2H3. The third-order valence-corrected chi connectivity index (χ3v) is 9.44. The third-order valence-electron chi connectivity index (χ3n) is 9.44. The van der Waals surface area contributed by atoms with E-state index >= 15 is 0 Å². The number of pyridine rings is 1. The van der Waals surface area contributed by atoms with Crippen LogP contribution in [-0.2, 0) is 7.05 Å². The molecule has 43 heavy (non-hydrogen) atoms. The molecule has 11 nitrogen and oxygen atoms in total. The van der Waals surface area contributed by atoms with Crippen molar-refractivity contribution in [2.45, 2.75) is 62.4 Å². The third kappa shape index (κ3) is 4.16. The van der Waals surface area contributed by atoms with Gasteiger partial charge in [0.25, 0.3) is 5.91 Å². The number of nitrogens with two attached hydrogens (primary N) is 1. The van der Waals surface area contributed by atoms with Crippen LogP contribution in [0.25, 0.3) is 28.0 Å². The number of amides is 1. The Kier molecular flexibility index (Phi) is 5.95. The second kappa shape index (κ2) is 9.89. The number of nitrogens with zero attached hydrogens (tertiary/aromatic N) is 8. The van der Waals surface area contributed by atoms with Crippen molar-refractivity contribution in [1.29, 1.82) is 0 Å². The first-order valence-electron chi connectivity index (χ1n) is 15.0. The fourth-order valence-electron chi connectivity index (χ4n) is 7.21. The molecule has 2 bridgehead atoms. The number of hydrogen-bond acceptors (Lipinski definition) is 8. The Morgan fingerprint density at radius 2 is 1.70 bits per heavy atom. The Hall–Kier alpha value is -4.80. The number of aromatic nitrogens is 7. The van der Waals surface area contributed by atoms with E-state index in [-0.39, 0.29) is 23.9 Å². The van der Waals surface area contributed by atoms with Crippen LogP contribution in [0.1, 0.15) is 72.2 Å². The van der Waals surface area contributed by atoms with Gasteiger partial charge in [-0.1, -0.05) is 41.5 Å². The Labute approximate surface area is 248 Å². The molecule has 0 radical (unpaired) electrons. The number of carbonyl (C=O) groups is 1. The van der Waals surface area contributed by atoms with Crippen LogP contribution in [-0.4, -0.2) is 64.3 Å². The van der Waals surface area contributed by atoms with Crippen molar-refractivity contribution in [2.75, 3.05) is 12.8 Å². The summed E-state index contributed by atoms with van der Waals surface area (Å²) in [4.78, 5) is 25.8. The highest BCUT2D eigenvalue weighted by atomic mass is 16.5. The predicted molar refractivity (Wildman–Crippen MR) is 161 cm³/mol. The van der Waals surface area contributed by atoms with Crippen LogP contribution in [0.15, 0.2) is 54.9 Å². The maximum absolute atomic E-state index is 13.6. The number of fused-ring (bicyclic) bond motifs is 3. The fraction of sp³-hybridized carbons (Fsp3) is 0.375. The van der Waals surface area contributed by atoms with Crippen LogP contribution >= 0.6 is 0 Å². The number of benzene rings is 1. The smallest absolute Gasteiger partial charge is 0.316 e. The number of rotatable bonds is 6. The van der Waals surface area contributed by atoms with E-state index in [0.717, 1.165) is 77.8 Å². The Morgan fingerprint density at radius 1 is 0.930 bits per heavy atom. The van der Waals surface area contributed by atoms with Gasteiger partial charge in [-0.3, -0.25) is 14.3 Å². The molecule has 3 aliphatic rings. The molecule has 3 fully saturated rings. The highest BCUT2D eigenvalue weighted by Gasteiger charge is 2.47. The van der Waals surface area contributed by atoms with E-state index in [1.165, 1.54) is 7.11 Å². The van der Waals surface area contributed by atoms with Crippen LogP contribution in [0.2, 0.25) is 0 Å². The minimum absolute atomic E-state index is 0.0842. The molecule has 2 N–H and O–H groups in total. The second-order valence-corrected chi connectivity index (χ2v) is 12.0. The van der Waals surface area contributed by atoms with Gasteiger partial charge in [0, 0.05) is 53.5 Å².